The molecular weight excluding hydrogens is 160 g/mol. The van der Waals surface area contributed by atoms with Crippen molar-refractivity contribution in [2.75, 3.05) is 12.5 Å². The van der Waals surface area contributed by atoms with E-state index in [1.165, 1.54) is 12.8 Å². The van der Waals surface area contributed by atoms with Gasteiger partial charge in [0.15, 0.2) is 0 Å². The van der Waals surface area contributed by atoms with Crippen LogP contribution in [-0.2, 0) is 0 Å². The maximum absolute atomic E-state index is 8.94. The molecule has 0 bridgehead atoms. The Bertz CT molecular complexity index is 68.0. The first-order chi connectivity index (χ1) is 5.35. The van der Waals surface area contributed by atoms with Crippen LogP contribution < -0.4 is 0 Å². The molecule has 0 aromatic rings. The average Bonchev–Trinajstić information content (AvgIpc) is 2.05. The van der Waals surface area contributed by atoms with Gasteiger partial charge in [-0.25, -0.2) is 0 Å². The fraction of sp³-hybridized carbons (Fsp3) is 1.00. The second-order valence-electron chi connectivity index (χ2n) is 3.02. The molecule has 0 aromatic heterocycles. The second-order valence-corrected chi connectivity index (χ2v) is 3.40. The van der Waals surface area contributed by atoms with E-state index in [0.29, 0.717) is 12.5 Å². The van der Waals surface area contributed by atoms with Gasteiger partial charge in [0.1, 0.15) is 0 Å². The van der Waals surface area contributed by atoms with E-state index in [0.717, 1.165) is 25.1 Å². The van der Waals surface area contributed by atoms with Gasteiger partial charge in [-0.3, -0.25) is 0 Å². The minimum absolute atomic E-state index is 0.330. The number of alkyl halides is 1. The van der Waals surface area contributed by atoms with Crippen LogP contribution in [0.25, 0.3) is 0 Å². The number of hydrogen-bond acceptors (Lipinski definition) is 1. The predicted molar refractivity (Wildman–Crippen MR) is 50.1 cm³/mol. The smallest absolute Gasteiger partial charge is 0.0459 e. The van der Waals surface area contributed by atoms with Crippen LogP contribution in [0.5, 0.6) is 0 Å². The highest BCUT2D eigenvalue weighted by molar-refractivity contribution is 6.17. The van der Waals surface area contributed by atoms with Crippen molar-refractivity contribution in [2.24, 2.45) is 5.92 Å². The van der Waals surface area contributed by atoms with Crippen LogP contribution in [0.15, 0.2) is 0 Å². The van der Waals surface area contributed by atoms with Crippen LogP contribution in [-0.4, -0.2) is 17.6 Å². The third kappa shape index (κ3) is 6.64. The summed E-state index contributed by atoms with van der Waals surface area (Å²) in [7, 11) is 0. The van der Waals surface area contributed by atoms with Crippen molar-refractivity contribution in [2.45, 2.75) is 39.0 Å². The molecule has 68 valence electrons. The second kappa shape index (κ2) is 8.35. The molecule has 0 spiro atoms. The van der Waals surface area contributed by atoms with Gasteiger partial charge in [-0.1, -0.05) is 19.8 Å². The zero-order valence-corrected chi connectivity index (χ0v) is 8.11. The Morgan fingerprint density at radius 3 is 2.36 bits per heavy atom. The summed E-state index contributed by atoms with van der Waals surface area (Å²) in [6.45, 7) is 2.51. The monoisotopic (exact) mass is 178 g/mol. The minimum atomic E-state index is 0.330. The van der Waals surface area contributed by atoms with Crippen molar-refractivity contribution in [1.82, 2.24) is 0 Å². The standard InChI is InChI=1S/C9H19ClO/c1-2-3-5-9(8-11)6-4-7-10/h9,11H,2-8H2,1H3. The van der Waals surface area contributed by atoms with Crippen molar-refractivity contribution < 1.29 is 5.11 Å². The van der Waals surface area contributed by atoms with Gasteiger partial charge >= 0.3 is 0 Å². The van der Waals surface area contributed by atoms with Crippen LogP contribution in [0.4, 0.5) is 0 Å². The highest BCUT2D eigenvalue weighted by Gasteiger charge is 2.05. The number of unbranched alkanes of at least 4 members (excludes halogenated alkanes) is 1. The topological polar surface area (TPSA) is 20.2 Å². The van der Waals surface area contributed by atoms with Crippen molar-refractivity contribution in [3.05, 3.63) is 0 Å². The van der Waals surface area contributed by atoms with E-state index in [1.807, 2.05) is 0 Å². The lowest BCUT2D eigenvalue weighted by atomic mass is 9.98. The van der Waals surface area contributed by atoms with E-state index in [9.17, 15) is 0 Å². The number of aliphatic hydroxyl groups is 1. The normalized spacial score (nSPS) is 13.4. The zero-order chi connectivity index (χ0) is 8.53. The van der Waals surface area contributed by atoms with Gasteiger partial charge in [0.25, 0.3) is 0 Å². The van der Waals surface area contributed by atoms with Gasteiger partial charge < -0.3 is 5.11 Å². The first-order valence-corrected chi connectivity index (χ1v) is 5.05. The Morgan fingerprint density at radius 2 is 1.91 bits per heavy atom. The third-order valence-electron chi connectivity index (χ3n) is 1.97. The van der Waals surface area contributed by atoms with Crippen LogP contribution in [0.3, 0.4) is 0 Å². The Kier molecular flexibility index (Phi) is 8.54. The van der Waals surface area contributed by atoms with Gasteiger partial charge in [-0.05, 0) is 25.2 Å². The zero-order valence-electron chi connectivity index (χ0n) is 7.35. The molecule has 0 amide bonds. The van der Waals surface area contributed by atoms with Gasteiger partial charge in [-0.2, -0.15) is 0 Å². The predicted octanol–water partition coefficient (Wildman–Crippen LogP) is 2.80. The summed E-state index contributed by atoms with van der Waals surface area (Å²) in [5.74, 6) is 1.22. The molecule has 1 atom stereocenters. The quantitative estimate of drug-likeness (QED) is 0.595. The maximum Gasteiger partial charge on any atom is 0.0459 e. The van der Waals surface area contributed by atoms with Gasteiger partial charge in [0.2, 0.25) is 0 Å². The van der Waals surface area contributed by atoms with E-state index in [4.69, 9.17) is 16.7 Å². The molecule has 0 aliphatic heterocycles. The first-order valence-electron chi connectivity index (χ1n) is 4.52. The SMILES string of the molecule is CCCCC(CO)CCCCl. The van der Waals surface area contributed by atoms with Crippen molar-refractivity contribution >= 4 is 11.6 Å². The molecule has 2 heteroatoms. The Morgan fingerprint density at radius 1 is 1.27 bits per heavy atom. The fourth-order valence-electron chi connectivity index (χ4n) is 1.19. The lowest BCUT2D eigenvalue weighted by Crippen LogP contribution is -2.05. The molecular formula is C9H19ClO. The molecule has 0 aromatic carbocycles. The van der Waals surface area contributed by atoms with E-state index in [1.54, 1.807) is 0 Å². The summed E-state index contributed by atoms with van der Waals surface area (Å²) in [6, 6.07) is 0. The summed E-state index contributed by atoms with van der Waals surface area (Å²) < 4.78 is 0. The lowest BCUT2D eigenvalue weighted by Gasteiger charge is -2.11. The maximum atomic E-state index is 8.94. The van der Waals surface area contributed by atoms with Crippen LogP contribution in [0.2, 0.25) is 0 Å². The summed E-state index contributed by atoms with van der Waals surface area (Å²) >= 11 is 5.55. The molecule has 0 fully saturated rings. The van der Waals surface area contributed by atoms with Crippen molar-refractivity contribution in [3.63, 3.8) is 0 Å². The van der Waals surface area contributed by atoms with E-state index in [2.05, 4.69) is 6.92 Å². The van der Waals surface area contributed by atoms with E-state index >= 15 is 0 Å². The third-order valence-corrected chi connectivity index (χ3v) is 2.24. The Hall–Kier alpha value is 0.250. The minimum Gasteiger partial charge on any atom is -0.396 e. The molecule has 0 radical (unpaired) electrons. The molecule has 0 aliphatic rings. The van der Waals surface area contributed by atoms with E-state index < -0.39 is 0 Å². The van der Waals surface area contributed by atoms with Crippen molar-refractivity contribution in [1.29, 1.82) is 0 Å². The largest absolute Gasteiger partial charge is 0.396 e. The number of halogens is 1. The Balaban J connectivity index is 3.25. The molecule has 0 saturated heterocycles. The van der Waals surface area contributed by atoms with Gasteiger partial charge in [0, 0.05) is 12.5 Å². The molecule has 1 N–H and O–H groups in total. The van der Waals surface area contributed by atoms with Crippen LogP contribution >= 0.6 is 11.6 Å². The number of rotatable bonds is 7. The number of aliphatic hydroxyl groups excluding tert-OH is 1. The molecule has 0 saturated carbocycles. The summed E-state index contributed by atoms with van der Waals surface area (Å²) in [5, 5.41) is 8.94. The van der Waals surface area contributed by atoms with Gasteiger partial charge in [-0.15, -0.1) is 11.6 Å². The molecule has 1 nitrogen and oxygen atoms in total. The summed E-state index contributed by atoms with van der Waals surface area (Å²) in [5.41, 5.74) is 0. The highest BCUT2D eigenvalue weighted by atomic mass is 35.5. The molecule has 0 heterocycles. The number of hydrogen-bond donors (Lipinski definition) is 1. The molecule has 0 aliphatic carbocycles. The fourth-order valence-corrected chi connectivity index (χ4v) is 1.34. The summed E-state index contributed by atoms with van der Waals surface area (Å²) in [6.07, 6.45) is 5.73. The van der Waals surface area contributed by atoms with Crippen LogP contribution in [0, 0.1) is 5.92 Å². The van der Waals surface area contributed by atoms with E-state index in [-0.39, 0.29) is 0 Å². The first kappa shape index (κ1) is 11.2. The van der Waals surface area contributed by atoms with Crippen molar-refractivity contribution in [3.8, 4) is 0 Å². The summed E-state index contributed by atoms with van der Waals surface area (Å²) in [4.78, 5) is 0. The molecule has 11 heavy (non-hydrogen) atoms. The average molecular weight is 179 g/mol. The lowest BCUT2D eigenvalue weighted by molar-refractivity contribution is 0.207. The van der Waals surface area contributed by atoms with Crippen LogP contribution in [0.1, 0.15) is 39.0 Å². The molecule has 1 unspecified atom stereocenters. The molecule has 0 rings (SSSR count). The highest BCUT2D eigenvalue weighted by Crippen LogP contribution is 2.14. The van der Waals surface area contributed by atoms with Gasteiger partial charge in [0.05, 0.1) is 0 Å². The Labute approximate surface area is 74.8 Å².